The van der Waals surface area contributed by atoms with Crippen molar-refractivity contribution in [1.82, 2.24) is 35.0 Å². The van der Waals surface area contributed by atoms with Crippen molar-refractivity contribution in [2.75, 3.05) is 32.7 Å². The van der Waals surface area contributed by atoms with Gasteiger partial charge in [0.15, 0.2) is 0 Å². The first-order valence-corrected chi connectivity index (χ1v) is 21.9. The lowest BCUT2D eigenvalue weighted by Crippen LogP contribution is -2.54. The van der Waals surface area contributed by atoms with Crippen LogP contribution in [0.3, 0.4) is 0 Å². The van der Waals surface area contributed by atoms with Gasteiger partial charge in [0.2, 0.25) is 11.8 Å². The van der Waals surface area contributed by atoms with Crippen molar-refractivity contribution in [2.45, 2.75) is 181 Å². The Hall–Kier alpha value is -3.22. The van der Waals surface area contributed by atoms with Gasteiger partial charge in [0.05, 0.1) is 12.6 Å². The Bertz CT molecular complexity index is 1570. The van der Waals surface area contributed by atoms with Crippen molar-refractivity contribution in [3.8, 4) is 0 Å². The molecule has 0 saturated carbocycles. The molecule has 320 valence electrons. The lowest BCUT2D eigenvalue weighted by Gasteiger charge is -2.43. The minimum atomic E-state index is -4.70. The van der Waals surface area contributed by atoms with Crippen LogP contribution in [0.15, 0.2) is 4.42 Å². The van der Waals surface area contributed by atoms with Gasteiger partial charge in [-0.1, -0.05) is 66.2 Å². The van der Waals surface area contributed by atoms with Crippen LogP contribution >= 0.6 is 0 Å². The Labute approximate surface area is 333 Å². The maximum Gasteiger partial charge on any atom is 0.437 e. The molecule has 0 aliphatic carbocycles. The summed E-state index contributed by atoms with van der Waals surface area (Å²) in [4.78, 5) is 44.7. The maximum absolute atomic E-state index is 13.9. The number of hydrogen-bond acceptors (Lipinski definition) is 13. The first kappa shape index (κ1) is 45.5. The molecule has 0 radical (unpaired) electrons. The van der Waals surface area contributed by atoms with E-state index in [2.05, 4.69) is 31.0 Å². The molecule has 0 aromatic carbocycles. The number of nitrogens with zero attached hydrogens (tertiary/aromatic N) is 7. The molecule has 3 fully saturated rings. The third kappa shape index (κ3) is 11.7. The molecule has 56 heavy (non-hydrogen) atoms. The SMILES string of the molecule is CCCCN(OS(=O)(=O)ON1C(=O)N2C[C@@H]1CC[C@H]2c1nnc([C@@H]2CN(C(=O)OC(C)(C)C)CCN2C(=O)OC(C)(C)C)o1)C(CCC)(CCCC)CCCC. The highest BCUT2D eigenvalue weighted by Gasteiger charge is 2.51. The number of fused-ring (bicyclic) bond motifs is 2. The third-order valence-corrected chi connectivity index (χ3v) is 11.0. The molecule has 0 N–H and O–H groups in total. The number of urea groups is 1. The van der Waals surface area contributed by atoms with E-state index in [1.807, 2.05) is 6.92 Å². The smallest absolute Gasteiger partial charge is 0.437 e. The second kappa shape index (κ2) is 19.0. The van der Waals surface area contributed by atoms with Crippen LogP contribution < -0.4 is 0 Å². The molecular weight excluding hydrogens is 747 g/mol. The average molecular weight is 814 g/mol. The van der Waals surface area contributed by atoms with E-state index in [0.29, 0.717) is 19.4 Å². The Balaban J connectivity index is 1.54. The molecule has 4 rings (SSSR count). The number of rotatable bonds is 18. The molecule has 3 aliphatic rings. The summed E-state index contributed by atoms with van der Waals surface area (Å²) in [6.07, 6.45) is 8.24. The van der Waals surface area contributed by atoms with Crippen molar-refractivity contribution in [3.05, 3.63) is 11.8 Å². The summed E-state index contributed by atoms with van der Waals surface area (Å²) in [5.74, 6) is 0.180. The van der Waals surface area contributed by atoms with Gasteiger partial charge in [-0.15, -0.1) is 14.5 Å². The molecule has 2 bridgehead atoms. The monoisotopic (exact) mass is 813 g/mol. The molecule has 3 saturated heterocycles. The number of unbranched alkanes of at least 4 members (excludes halogenated alkanes) is 3. The van der Waals surface area contributed by atoms with Crippen LogP contribution in [0.2, 0.25) is 0 Å². The molecule has 4 amide bonds. The van der Waals surface area contributed by atoms with Crippen LogP contribution in [0.4, 0.5) is 14.4 Å². The van der Waals surface area contributed by atoms with E-state index in [-0.39, 0.29) is 38.0 Å². The fourth-order valence-electron chi connectivity index (χ4n) is 7.63. The van der Waals surface area contributed by atoms with Crippen molar-refractivity contribution >= 4 is 28.6 Å². The summed E-state index contributed by atoms with van der Waals surface area (Å²) in [6.45, 7) is 19.9. The zero-order valence-corrected chi connectivity index (χ0v) is 36.2. The Morgan fingerprint density at radius 3 is 1.95 bits per heavy atom. The van der Waals surface area contributed by atoms with E-state index in [0.717, 1.165) is 69.3 Å². The lowest BCUT2D eigenvalue weighted by molar-refractivity contribution is -0.172. The molecule has 17 nitrogen and oxygen atoms in total. The molecule has 18 heteroatoms. The quantitative estimate of drug-likeness (QED) is 0.132. The van der Waals surface area contributed by atoms with E-state index in [9.17, 15) is 22.8 Å². The largest absolute Gasteiger partial charge is 0.444 e. The van der Waals surface area contributed by atoms with Crippen LogP contribution in [-0.2, 0) is 28.4 Å². The number of piperazine rings is 1. The lowest BCUT2D eigenvalue weighted by atomic mass is 9.82. The first-order chi connectivity index (χ1) is 26.3. The summed E-state index contributed by atoms with van der Waals surface area (Å²) in [5, 5.41) is 11.1. The summed E-state index contributed by atoms with van der Waals surface area (Å²) in [6, 6.07) is -2.75. The topological polar surface area (TPSA) is 177 Å². The van der Waals surface area contributed by atoms with E-state index in [1.165, 1.54) is 14.7 Å². The van der Waals surface area contributed by atoms with Crippen molar-refractivity contribution in [1.29, 1.82) is 0 Å². The predicted molar refractivity (Wildman–Crippen MR) is 207 cm³/mol. The molecule has 0 unspecified atom stereocenters. The van der Waals surface area contributed by atoms with Crippen LogP contribution in [0.25, 0.3) is 0 Å². The van der Waals surface area contributed by atoms with E-state index >= 15 is 0 Å². The van der Waals surface area contributed by atoms with Crippen LogP contribution in [0.5, 0.6) is 0 Å². The first-order valence-electron chi connectivity index (χ1n) is 20.6. The number of piperidine rings is 1. The van der Waals surface area contributed by atoms with E-state index in [4.69, 9.17) is 22.5 Å². The third-order valence-electron chi connectivity index (χ3n) is 10.3. The van der Waals surface area contributed by atoms with Crippen molar-refractivity contribution in [3.63, 3.8) is 0 Å². The standard InChI is InChI=1S/C38H67N7O10S/c1-11-15-21-38(20-14-4,22-16-12-2)44(23-17-13-3)54-56(49,50)55-45-28-18-19-29(43(26-28)33(45)46)31-39-40-32(51-31)30-27-41(34(47)52-36(5,6)7)24-25-42(30)35(48)53-37(8,9)10/h28-30H,11-27H2,1-10H3/t28-,29-,30-/m0/s1. The summed E-state index contributed by atoms with van der Waals surface area (Å²) >= 11 is 0. The highest BCUT2D eigenvalue weighted by atomic mass is 32.3. The Morgan fingerprint density at radius 1 is 0.786 bits per heavy atom. The van der Waals surface area contributed by atoms with Gasteiger partial charge < -0.3 is 23.7 Å². The van der Waals surface area contributed by atoms with Gasteiger partial charge in [-0.25, -0.2) is 14.4 Å². The van der Waals surface area contributed by atoms with Gasteiger partial charge in [-0.05, 0) is 80.1 Å². The van der Waals surface area contributed by atoms with Crippen molar-refractivity contribution in [2.24, 2.45) is 0 Å². The Kier molecular flexibility index (Phi) is 15.4. The van der Waals surface area contributed by atoms with Gasteiger partial charge in [-0.2, -0.15) is 22.8 Å². The van der Waals surface area contributed by atoms with Crippen LogP contribution in [-0.4, -0.2) is 117 Å². The fourth-order valence-corrected chi connectivity index (χ4v) is 8.49. The van der Waals surface area contributed by atoms with E-state index < -0.39 is 63.5 Å². The highest BCUT2D eigenvalue weighted by Crippen LogP contribution is 2.40. The number of hydrogen-bond donors (Lipinski definition) is 0. The number of amides is 4. The molecule has 3 atom stereocenters. The zero-order chi connectivity index (χ0) is 41.5. The normalized spacial score (nSPS) is 21.0. The number of carbonyl (C=O) groups excluding carboxylic acids is 3. The van der Waals surface area contributed by atoms with Crippen LogP contribution in [0.1, 0.15) is 170 Å². The molecule has 1 aromatic rings. The Morgan fingerprint density at radius 2 is 1.38 bits per heavy atom. The van der Waals surface area contributed by atoms with Gasteiger partial charge in [0.1, 0.15) is 23.3 Å². The summed E-state index contributed by atoms with van der Waals surface area (Å²) in [5.41, 5.74) is -1.99. The minimum Gasteiger partial charge on any atom is -0.444 e. The predicted octanol–water partition coefficient (Wildman–Crippen LogP) is 7.67. The van der Waals surface area contributed by atoms with E-state index in [1.54, 1.807) is 46.6 Å². The summed E-state index contributed by atoms with van der Waals surface area (Å²) in [7, 11) is -4.70. The molecule has 1 aromatic heterocycles. The highest BCUT2D eigenvalue weighted by molar-refractivity contribution is 7.81. The minimum absolute atomic E-state index is 0.0103. The zero-order valence-electron chi connectivity index (χ0n) is 35.4. The number of aromatic nitrogens is 2. The second-order valence-electron chi connectivity index (χ2n) is 17.3. The number of hydroxylamine groups is 4. The molecule has 0 spiro atoms. The van der Waals surface area contributed by atoms with Crippen LogP contribution in [0, 0.1) is 0 Å². The molecule has 4 heterocycles. The average Bonchev–Trinajstić information content (AvgIpc) is 3.69. The van der Waals surface area contributed by atoms with Gasteiger partial charge in [0.25, 0.3) is 0 Å². The summed E-state index contributed by atoms with van der Waals surface area (Å²) < 4.78 is 56.3. The van der Waals surface area contributed by atoms with Gasteiger partial charge in [0, 0.05) is 31.7 Å². The van der Waals surface area contributed by atoms with Gasteiger partial charge in [-0.3, -0.25) is 4.90 Å². The number of ether oxygens (including phenoxy) is 2. The molecular formula is C38H67N7O10S. The fraction of sp³-hybridized carbons (Fsp3) is 0.868. The molecule has 3 aliphatic heterocycles. The maximum atomic E-state index is 13.9. The number of carbonyl (C=O) groups is 3. The van der Waals surface area contributed by atoms with Crippen molar-refractivity contribution < 1.29 is 45.3 Å². The van der Waals surface area contributed by atoms with Gasteiger partial charge >= 0.3 is 28.6 Å². The second-order valence-corrected chi connectivity index (χ2v) is 18.4.